The number of aromatic amines is 1. The lowest BCUT2D eigenvalue weighted by Gasteiger charge is -2.06. The predicted octanol–water partition coefficient (Wildman–Crippen LogP) is 3.61. The smallest absolute Gasteiger partial charge is 0.354 e. The molecule has 0 unspecified atom stereocenters. The van der Waals surface area contributed by atoms with Gasteiger partial charge in [-0.1, -0.05) is 19.9 Å². The van der Waals surface area contributed by atoms with Crippen molar-refractivity contribution in [3.05, 3.63) is 35.3 Å². The Morgan fingerprint density at radius 3 is 2.78 bits per heavy atom. The van der Waals surface area contributed by atoms with E-state index >= 15 is 0 Å². The number of esters is 1. The maximum Gasteiger partial charge on any atom is 0.354 e. The molecule has 2 rings (SSSR count). The van der Waals surface area contributed by atoms with Crippen molar-refractivity contribution in [3.63, 3.8) is 0 Å². The maximum atomic E-state index is 13.7. The molecule has 0 aliphatic rings. The third kappa shape index (κ3) is 2.10. The quantitative estimate of drug-likeness (QED) is 0.844. The molecule has 4 heteroatoms. The van der Waals surface area contributed by atoms with Crippen molar-refractivity contribution < 1.29 is 13.9 Å². The van der Waals surface area contributed by atoms with E-state index in [-0.39, 0.29) is 11.7 Å². The zero-order chi connectivity index (χ0) is 13.3. The molecule has 0 aliphatic heterocycles. The van der Waals surface area contributed by atoms with Gasteiger partial charge in [-0.15, -0.1) is 0 Å². The summed E-state index contributed by atoms with van der Waals surface area (Å²) in [7, 11) is 0. The minimum Gasteiger partial charge on any atom is -0.461 e. The SMILES string of the molecule is CCOC(=O)c1cc2c(C(C)C)ccc(F)c2[nH]1. The van der Waals surface area contributed by atoms with Gasteiger partial charge in [0, 0.05) is 5.39 Å². The summed E-state index contributed by atoms with van der Waals surface area (Å²) < 4.78 is 18.6. The molecule has 0 saturated carbocycles. The third-order valence-corrected chi connectivity index (χ3v) is 2.89. The summed E-state index contributed by atoms with van der Waals surface area (Å²) in [5.41, 5.74) is 1.67. The fourth-order valence-electron chi connectivity index (χ4n) is 2.03. The Kier molecular flexibility index (Phi) is 3.36. The molecule has 0 radical (unpaired) electrons. The number of rotatable bonds is 3. The van der Waals surface area contributed by atoms with Crippen LogP contribution >= 0.6 is 0 Å². The van der Waals surface area contributed by atoms with Crippen LogP contribution in [0.2, 0.25) is 0 Å². The van der Waals surface area contributed by atoms with E-state index in [1.165, 1.54) is 6.07 Å². The number of carbonyl (C=O) groups is 1. The first kappa shape index (κ1) is 12.6. The first-order valence-electron chi connectivity index (χ1n) is 6.02. The molecular weight excluding hydrogens is 233 g/mol. The number of H-pyrrole nitrogens is 1. The molecule has 0 aliphatic carbocycles. The van der Waals surface area contributed by atoms with E-state index < -0.39 is 5.97 Å². The van der Waals surface area contributed by atoms with Gasteiger partial charge in [-0.25, -0.2) is 9.18 Å². The van der Waals surface area contributed by atoms with Crippen LogP contribution in [-0.4, -0.2) is 17.6 Å². The van der Waals surface area contributed by atoms with Gasteiger partial charge in [0.1, 0.15) is 11.5 Å². The summed E-state index contributed by atoms with van der Waals surface area (Å²) in [6, 6.07) is 4.83. The van der Waals surface area contributed by atoms with E-state index in [1.54, 1.807) is 19.1 Å². The van der Waals surface area contributed by atoms with Crippen LogP contribution in [0, 0.1) is 5.82 Å². The van der Waals surface area contributed by atoms with Gasteiger partial charge < -0.3 is 9.72 Å². The number of hydrogen-bond donors (Lipinski definition) is 1. The first-order chi connectivity index (χ1) is 8.54. The number of halogens is 1. The number of aromatic nitrogens is 1. The maximum absolute atomic E-state index is 13.7. The minimum atomic E-state index is -0.456. The molecule has 0 atom stereocenters. The molecule has 96 valence electrons. The second-order valence-corrected chi connectivity index (χ2v) is 4.48. The van der Waals surface area contributed by atoms with Gasteiger partial charge in [0.25, 0.3) is 0 Å². The molecule has 18 heavy (non-hydrogen) atoms. The summed E-state index contributed by atoms with van der Waals surface area (Å²) in [4.78, 5) is 14.4. The van der Waals surface area contributed by atoms with Gasteiger partial charge in [-0.05, 0) is 30.5 Å². The summed E-state index contributed by atoms with van der Waals surface area (Å²) in [6.07, 6.45) is 0. The number of hydrogen-bond acceptors (Lipinski definition) is 2. The number of benzene rings is 1. The molecule has 0 amide bonds. The highest BCUT2D eigenvalue weighted by Gasteiger charge is 2.16. The molecule has 3 nitrogen and oxygen atoms in total. The van der Waals surface area contributed by atoms with Gasteiger partial charge >= 0.3 is 5.97 Å². The van der Waals surface area contributed by atoms with E-state index in [2.05, 4.69) is 4.98 Å². The summed E-state index contributed by atoms with van der Waals surface area (Å²) in [5, 5.41) is 0.744. The van der Waals surface area contributed by atoms with Crippen molar-refractivity contribution >= 4 is 16.9 Å². The van der Waals surface area contributed by atoms with Gasteiger partial charge in [0.2, 0.25) is 0 Å². The van der Waals surface area contributed by atoms with Gasteiger partial charge in [-0.2, -0.15) is 0 Å². The number of ether oxygens (including phenoxy) is 1. The van der Waals surface area contributed by atoms with E-state index in [4.69, 9.17) is 4.74 Å². The highest BCUT2D eigenvalue weighted by molar-refractivity contribution is 5.96. The number of fused-ring (bicyclic) bond motifs is 1. The Balaban J connectivity index is 2.59. The second kappa shape index (κ2) is 4.80. The molecule has 0 fully saturated rings. The third-order valence-electron chi connectivity index (χ3n) is 2.89. The Labute approximate surface area is 105 Å². The Bertz CT molecular complexity index is 587. The Morgan fingerprint density at radius 1 is 1.44 bits per heavy atom. The molecule has 2 aromatic rings. The zero-order valence-corrected chi connectivity index (χ0v) is 10.7. The van der Waals surface area contributed by atoms with Crippen molar-refractivity contribution in [1.29, 1.82) is 0 Å². The molecule has 0 spiro atoms. The lowest BCUT2D eigenvalue weighted by molar-refractivity contribution is 0.0520. The van der Waals surface area contributed by atoms with Crippen LogP contribution in [0.5, 0.6) is 0 Å². The number of nitrogens with one attached hydrogen (secondary N) is 1. The first-order valence-corrected chi connectivity index (χ1v) is 6.02. The van der Waals surface area contributed by atoms with E-state index in [0.717, 1.165) is 10.9 Å². The van der Waals surface area contributed by atoms with Crippen LogP contribution in [-0.2, 0) is 4.74 Å². The van der Waals surface area contributed by atoms with Gasteiger partial charge in [0.05, 0.1) is 12.1 Å². The van der Waals surface area contributed by atoms with Crippen LogP contribution in [0.25, 0.3) is 10.9 Å². The van der Waals surface area contributed by atoms with Crippen LogP contribution in [0.4, 0.5) is 4.39 Å². The van der Waals surface area contributed by atoms with Crippen molar-refractivity contribution in [2.45, 2.75) is 26.7 Å². The summed E-state index contributed by atoms with van der Waals surface area (Å²) >= 11 is 0. The topological polar surface area (TPSA) is 42.1 Å². The van der Waals surface area contributed by atoms with Crippen LogP contribution in [0.3, 0.4) is 0 Å². The van der Waals surface area contributed by atoms with E-state index in [1.807, 2.05) is 13.8 Å². The average Bonchev–Trinajstić information content (AvgIpc) is 2.75. The fourth-order valence-corrected chi connectivity index (χ4v) is 2.03. The predicted molar refractivity (Wildman–Crippen MR) is 68.3 cm³/mol. The van der Waals surface area contributed by atoms with Gasteiger partial charge in [0.15, 0.2) is 0 Å². The largest absolute Gasteiger partial charge is 0.461 e. The highest BCUT2D eigenvalue weighted by atomic mass is 19.1. The molecule has 0 saturated heterocycles. The molecule has 1 aromatic heterocycles. The average molecular weight is 249 g/mol. The lowest BCUT2D eigenvalue weighted by atomic mass is 9.99. The van der Waals surface area contributed by atoms with Crippen LogP contribution < -0.4 is 0 Å². The van der Waals surface area contributed by atoms with E-state index in [9.17, 15) is 9.18 Å². The Hall–Kier alpha value is -1.84. The fraction of sp³-hybridized carbons (Fsp3) is 0.357. The van der Waals surface area contributed by atoms with Gasteiger partial charge in [-0.3, -0.25) is 0 Å². The van der Waals surface area contributed by atoms with Crippen LogP contribution in [0.15, 0.2) is 18.2 Å². The summed E-state index contributed by atoms with van der Waals surface area (Å²) in [6.45, 7) is 6.10. The molecule has 1 N–H and O–H groups in total. The van der Waals surface area contributed by atoms with E-state index in [0.29, 0.717) is 17.8 Å². The zero-order valence-electron chi connectivity index (χ0n) is 10.7. The molecule has 1 aromatic carbocycles. The highest BCUT2D eigenvalue weighted by Crippen LogP contribution is 2.28. The van der Waals surface area contributed by atoms with Crippen molar-refractivity contribution in [3.8, 4) is 0 Å². The molecular formula is C14H16FNO2. The normalized spacial score (nSPS) is 11.2. The minimum absolute atomic E-state index is 0.263. The second-order valence-electron chi connectivity index (χ2n) is 4.48. The molecule has 0 bridgehead atoms. The monoisotopic (exact) mass is 249 g/mol. The standard InChI is InChI=1S/C14H16FNO2/c1-4-18-14(17)12-7-10-9(8(2)3)5-6-11(15)13(10)16-12/h5-8,16H,4H2,1-3H3. The van der Waals surface area contributed by atoms with Crippen molar-refractivity contribution in [1.82, 2.24) is 4.98 Å². The lowest BCUT2D eigenvalue weighted by Crippen LogP contribution is -2.04. The van der Waals surface area contributed by atoms with Crippen molar-refractivity contribution in [2.24, 2.45) is 0 Å². The Morgan fingerprint density at radius 2 is 2.17 bits per heavy atom. The van der Waals surface area contributed by atoms with Crippen LogP contribution in [0.1, 0.15) is 42.7 Å². The van der Waals surface area contributed by atoms with Crippen molar-refractivity contribution in [2.75, 3.05) is 6.61 Å². The molecule has 1 heterocycles. The summed E-state index contributed by atoms with van der Waals surface area (Å²) in [5.74, 6) is -0.549. The number of carbonyl (C=O) groups excluding carboxylic acids is 1.